The fourth-order valence-electron chi connectivity index (χ4n) is 4.04. The number of hydrogen-bond donors (Lipinski definition) is 1. The van der Waals surface area contributed by atoms with Gasteiger partial charge in [-0.3, -0.25) is 0 Å². The van der Waals surface area contributed by atoms with Gasteiger partial charge in [-0.25, -0.2) is 0 Å². The van der Waals surface area contributed by atoms with Gasteiger partial charge in [0.2, 0.25) is 0 Å². The van der Waals surface area contributed by atoms with Crippen LogP contribution in [-0.2, 0) is 32.3 Å². The van der Waals surface area contributed by atoms with E-state index in [0.717, 1.165) is 37.2 Å². The summed E-state index contributed by atoms with van der Waals surface area (Å²) in [5.41, 5.74) is 6.32. The maximum absolute atomic E-state index is 9.32. The van der Waals surface area contributed by atoms with Crippen LogP contribution in [0.2, 0.25) is 0 Å². The normalized spacial score (nSPS) is 15.6. The Morgan fingerprint density at radius 3 is 2.31 bits per heavy atom. The minimum atomic E-state index is 0.0830. The number of rotatable bonds is 8. The molecule has 0 aliphatic carbocycles. The van der Waals surface area contributed by atoms with Gasteiger partial charge in [0.15, 0.2) is 0 Å². The minimum Gasteiger partial charge on any atom is -0.489 e. The average molecular weight is 354 g/mol. The molecule has 0 bridgehead atoms. The fraction of sp³-hybridized carbons (Fsp3) is 0.478. The van der Waals surface area contributed by atoms with Crippen LogP contribution in [-0.4, -0.2) is 17.8 Å². The summed E-state index contributed by atoms with van der Waals surface area (Å²) in [4.78, 5) is 0. The van der Waals surface area contributed by atoms with E-state index in [9.17, 15) is 5.11 Å². The predicted octanol–water partition coefficient (Wildman–Crippen LogP) is 4.64. The summed E-state index contributed by atoms with van der Waals surface area (Å²) in [5, 5.41) is 9.32. The second kappa shape index (κ2) is 8.59. The molecule has 1 aliphatic heterocycles. The lowest BCUT2D eigenvalue weighted by Crippen LogP contribution is -2.14. The largest absolute Gasteiger partial charge is 0.489 e. The topological polar surface area (TPSA) is 38.7 Å². The highest BCUT2D eigenvalue weighted by molar-refractivity contribution is 5.61. The zero-order valence-electron chi connectivity index (χ0n) is 16.2. The van der Waals surface area contributed by atoms with Crippen LogP contribution < -0.4 is 9.47 Å². The van der Waals surface area contributed by atoms with Crippen molar-refractivity contribution in [2.24, 2.45) is 0 Å². The van der Waals surface area contributed by atoms with Gasteiger partial charge in [0, 0.05) is 41.7 Å². The first-order valence-corrected chi connectivity index (χ1v) is 9.87. The molecular formula is C23H30O3. The Morgan fingerprint density at radius 2 is 1.69 bits per heavy atom. The molecule has 26 heavy (non-hydrogen) atoms. The van der Waals surface area contributed by atoms with Crippen LogP contribution in [0.1, 0.15) is 55.0 Å². The summed E-state index contributed by atoms with van der Waals surface area (Å²) >= 11 is 0. The van der Waals surface area contributed by atoms with E-state index in [0.29, 0.717) is 13.0 Å². The lowest BCUT2D eigenvalue weighted by molar-refractivity contribution is 0.174. The van der Waals surface area contributed by atoms with Crippen molar-refractivity contribution in [1.29, 1.82) is 0 Å². The van der Waals surface area contributed by atoms with Gasteiger partial charge in [0.25, 0.3) is 0 Å². The molecule has 2 aromatic carbocycles. The quantitative estimate of drug-likeness (QED) is 0.751. The third kappa shape index (κ3) is 3.59. The van der Waals surface area contributed by atoms with Gasteiger partial charge in [0.05, 0.1) is 0 Å². The van der Waals surface area contributed by atoms with Crippen LogP contribution in [0.25, 0.3) is 0 Å². The van der Waals surface area contributed by atoms with Gasteiger partial charge in [-0.1, -0.05) is 51.1 Å². The number of fused-ring (bicyclic) bond motifs is 1. The Morgan fingerprint density at radius 1 is 1.00 bits per heavy atom. The Bertz CT molecular complexity index is 737. The van der Waals surface area contributed by atoms with E-state index in [-0.39, 0.29) is 12.7 Å². The Labute approximate surface area is 157 Å². The van der Waals surface area contributed by atoms with Crippen LogP contribution >= 0.6 is 0 Å². The molecule has 1 atom stereocenters. The molecule has 0 radical (unpaired) electrons. The molecule has 140 valence electrons. The van der Waals surface area contributed by atoms with Crippen molar-refractivity contribution in [3.05, 3.63) is 58.1 Å². The molecular weight excluding hydrogens is 324 g/mol. The summed E-state index contributed by atoms with van der Waals surface area (Å²) < 4.78 is 12.7. The van der Waals surface area contributed by atoms with Gasteiger partial charge in [-0.15, -0.1) is 0 Å². The number of aliphatic hydroxyl groups is 1. The Kier molecular flexibility index (Phi) is 6.20. The third-order valence-electron chi connectivity index (χ3n) is 5.28. The van der Waals surface area contributed by atoms with E-state index in [1.54, 1.807) is 0 Å². The molecule has 1 aliphatic rings. The monoisotopic (exact) mass is 354 g/mol. The molecule has 1 unspecified atom stereocenters. The van der Waals surface area contributed by atoms with E-state index in [1.165, 1.54) is 27.8 Å². The fourth-order valence-corrected chi connectivity index (χ4v) is 4.04. The first kappa shape index (κ1) is 18.8. The van der Waals surface area contributed by atoms with Crippen LogP contribution in [0, 0.1) is 0 Å². The van der Waals surface area contributed by atoms with E-state index < -0.39 is 0 Å². The lowest BCUT2D eigenvalue weighted by atomic mass is 9.90. The highest BCUT2D eigenvalue weighted by Crippen LogP contribution is 2.45. The van der Waals surface area contributed by atoms with Crippen molar-refractivity contribution in [3.8, 4) is 11.5 Å². The lowest BCUT2D eigenvalue weighted by Gasteiger charge is -2.21. The number of aliphatic hydroxyl groups excluding tert-OH is 1. The summed E-state index contributed by atoms with van der Waals surface area (Å²) in [6.07, 6.45) is 4.43. The molecule has 3 heteroatoms. The van der Waals surface area contributed by atoms with Gasteiger partial charge in [-0.05, 0) is 24.8 Å². The van der Waals surface area contributed by atoms with E-state index in [1.807, 2.05) is 18.2 Å². The molecule has 2 aromatic rings. The van der Waals surface area contributed by atoms with Gasteiger partial charge in [0.1, 0.15) is 24.2 Å². The molecule has 0 spiro atoms. The van der Waals surface area contributed by atoms with Crippen molar-refractivity contribution in [3.63, 3.8) is 0 Å². The highest BCUT2D eigenvalue weighted by Gasteiger charge is 2.31. The van der Waals surface area contributed by atoms with Gasteiger partial charge in [-0.2, -0.15) is 0 Å². The van der Waals surface area contributed by atoms with E-state index in [2.05, 4.69) is 32.9 Å². The van der Waals surface area contributed by atoms with Crippen molar-refractivity contribution in [2.45, 2.75) is 65.6 Å². The van der Waals surface area contributed by atoms with Crippen LogP contribution in [0.4, 0.5) is 0 Å². The minimum absolute atomic E-state index is 0.0830. The van der Waals surface area contributed by atoms with Crippen LogP contribution in [0.3, 0.4) is 0 Å². The van der Waals surface area contributed by atoms with Gasteiger partial charge >= 0.3 is 0 Å². The number of benzene rings is 2. The number of hydrogen-bond acceptors (Lipinski definition) is 3. The standard InChI is InChI=1S/C23H30O3/c1-4-18-19(5-2)23-21(14-17(26-23)12-13-24)20(6-3)22(18)25-15-16-10-8-7-9-11-16/h7-11,17,24H,4-6,12-15H2,1-3H3. The maximum atomic E-state index is 9.32. The first-order chi connectivity index (χ1) is 12.7. The van der Waals surface area contributed by atoms with E-state index in [4.69, 9.17) is 9.47 Å². The zero-order valence-corrected chi connectivity index (χ0v) is 16.2. The first-order valence-electron chi connectivity index (χ1n) is 9.87. The molecule has 0 fully saturated rings. The summed E-state index contributed by atoms with van der Waals surface area (Å²) in [7, 11) is 0. The molecule has 0 aromatic heterocycles. The van der Waals surface area contributed by atoms with Gasteiger partial charge < -0.3 is 14.6 Å². The van der Waals surface area contributed by atoms with Crippen molar-refractivity contribution in [1.82, 2.24) is 0 Å². The van der Waals surface area contributed by atoms with Crippen LogP contribution in [0.15, 0.2) is 30.3 Å². The summed E-state index contributed by atoms with van der Waals surface area (Å²) in [5.74, 6) is 2.12. The Hall–Kier alpha value is -2.00. The molecule has 3 rings (SSSR count). The van der Waals surface area contributed by atoms with Crippen LogP contribution in [0.5, 0.6) is 11.5 Å². The average Bonchev–Trinajstić information content (AvgIpc) is 3.09. The smallest absolute Gasteiger partial charge is 0.127 e. The van der Waals surface area contributed by atoms with E-state index >= 15 is 0 Å². The van der Waals surface area contributed by atoms with Crippen molar-refractivity contribution >= 4 is 0 Å². The molecule has 0 amide bonds. The third-order valence-corrected chi connectivity index (χ3v) is 5.28. The molecule has 1 N–H and O–H groups in total. The molecule has 0 saturated heterocycles. The summed E-state index contributed by atoms with van der Waals surface area (Å²) in [6.45, 7) is 7.32. The molecule has 1 heterocycles. The Balaban J connectivity index is 2.01. The van der Waals surface area contributed by atoms with Crippen molar-refractivity contribution in [2.75, 3.05) is 6.61 Å². The SMILES string of the molecule is CCc1c(CC)c2c(c(CC)c1OCc1ccccc1)CC(CCO)O2. The molecule has 0 saturated carbocycles. The highest BCUT2D eigenvalue weighted by atomic mass is 16.5. The predicted molar refractivity (Wildman–Crippen MR) is 105 cm³/mol. The van der Waals surface area contributed by atoms with Crippen molar-refractivity contribution < 1.29 is 14.6 Å². The zero-order chi connectivity index (χ0) is 18.5. The number of ether oxygens (including phenoxy) is 2. The second-order valence-corrected chi connectivity index (χ2v) is 6.86. The molecule has 3 nitrogen and oxygen atoms in total. The summed E-state index contributed by atoms with van der Waals surface area (Å²) in [6, 6.07) is 10.3. The maximum Gasteiger partial charge on any atom is 0.127 e. The second-order valence-electron chi connectivity index (χ2n) is 6.86.